The van der Waals surface area contributed by atoms with Gasteiger partial charge in [-0.3, -0.25) is 23.9 Å². The number of ether oxygens (including phenoxy) is 2. The molecule has 13 nitrogen and oxygen atoms in total. The fourth-order valence-corrected chi connectivity index (χ4v) is 10.2. The molecule has 5 atom stereocenters. The molecule has 3 aromatic rings. The van der Waals surface area contributed by atoms with Gasteiger partial charge in [-0.2, -0.15) is 0 Å². The third-order valence-electron chi connectivity index (χ3n) is 12.4. The van der Waals surface area contributed by atoms with E-state index >= 15 is 0 Å². The number of methoxy groups -OCH3 is 1. The fraction of sp³-hybridized carbons (Fsp3) is 0.523. The van der Waals surface area contributed by atoms with Gasteiger partial charge in [0.2, 0.25) is 27.7 Å². The van der Waals surface area contributed by atoms with E-state index in [1.165, 1.54) is 4.90 Å². The van der Waals surface area contributed by atoms with Gasteiger partial charge in [0.1, 0.15) is 29.2 Å². The van der Waals surface area contributed by atoms with Crippen molar-refractivity contribution in [1.82, 2.24) is 24.8 Å². The van der Waals surface area contributed by atoms with Crippen LogP contribution in [0.25, 0.3) is 22.2 Å². The zero-order valence-corrected chi connectivity index (χ0v) is 33.9. The van der Waals surface area contributed by atoms with E-state index in [-0.39, 0.29) is 37.6 Å². The first-order valence-corrected chi connectivity index (χ1v) is 22.4. The quantitative estimate of drug-likeness (QED) is 0.274. The molecule has 2 N–H and O–H groups in total. The number of hydrogen-bond donors (Lipinski definition) is 2. The van der Waals surface area contributed by atoms with Crippen LogP contribution in [0.5, 0.6) is 11.5 Å². The summed E-state index contributed by atoms with van der Waals surface area (Å²) in [6.07, 6.45) is 11.3. The standard InChI is InChI=1S/C44H53N5O8S/c1-56-32-17-20-35-37(24-32)45-36(29-13-8-5-9-14-29)26-39(35)57-33-25-38-41(51)46-44(43(53)47-58(54,55)34-18-19-34)27-31(44)16-10-4-2-3-7-15-30(42(52)49(38)28-33)23-40(50)48-21-11-6-12-22-48/h5,8-10,13-14,16-17,20,24,26,30-31,33-34,38H,2-4,6-7,11-12,15,18-19,21-23,25,27-28H2,1H3,(H,46,51)(H,47,53)/t30-,31-,33-,38+,44-/m1/s1. The number of nitrogens with one attached hydrogen (secondary N) is 2. The number of carbonyl (C=O) groups is 4. The number of piperidine rings is 1. The van der Waals surface area contributed by atoms with E-state index in [0.29, 0.717) is 55.1 Å². The van der Waals surface area contributed by atoms with Gasteiger partial charge in [0.05, 0.1) is 30.1 Å². The van der Waals surface area contributed by atoms with Gasteiger partial charge in [-0.1, -0.05) is 55.3 Å². The van der Waals surface area contributed by atoms with Gasteiger partial charge in [0.25, 0.3) is 5.91 Å². The van der Waals surface area contributed by atoms with Crippen LogP contribution in [-0.2, 0) is 29.2 Å². The van der Waals surface area contributed by atoms with E-state index in [9.17, 15) is 27.6 Å². The molecule has 0 bridgehead atoms. The number of aromatic nitrogens is 1. The molecule has 4 heterocycles. The number of allylic oxidation sites excluding steroid dienone is 1. The summed E-state index contributed by atoms with van der Waals surface area (Å²) in [5.74, 6) is -1.54. The monoisotopic (exact) mass is 811 g/mol. The molecule has 58 heavy (non-hydrogen) atoms. The minimum absolute atomic E-state index is 0.0488. The molecule has 8 rings (SSSR count). The van der Waals surface area contributed by atoms with Gasteiger partial charge in [0.15, 0.2) is 0 Å². The van der Waals surface area contributed by atoms with Crippen molar-refractivity contribution >= 4 is 44.6 Å². The number of amides is 4. The lowest BCUT2D eigenvalue weighted by Gasteiger charge is -2.31. The van der Waals surface area contributed by atoms with Crippen LogP contribution in [0.2, 0.25) is 0 Å². The Bertz CT molecular complexity index is 2190. The van der Waals surface area contributed by atoms with Crippen molar-refractivity contribution in [1.29, 1.82) is 0 Å². The average molecular weight is 812 g/mol. The van der Waals surface area contributed by atoms with Crippen molar-refractivity contribution in [2.45, 2.75) is 106 Å². The maximum atomic E-state index is 14.8. The molecule has 5 aliphatic rings. The summed E-state index contributed by atoms with van der Waals surface area (Å²) in [6, 6.07) is 16.1. The number of rotatable bonds is 9. The van der Waals surface area contributed by atoms with E-state index in [0.717, 1.165) is 55.9 Å². The van der Waals surface area contributed by atoms with Crippen LogP contribution in [-0.4, -0.2) is 96.5 Å². The second-order valence-electron chi connectivity index (χ2n) is 16.6. The molecular formula is C44H53N5O8S. The number of likely N-dealkylation sites (tertiary alicyclic amines) is 1. The van der Waals surface area contributed by atoms with Crippen molar-refractivity contribution in [3.05, 3.63) is 66.7 Å². The molecular weight excluding hydrogens is 759 g/mol. The van der Waals surface area contributed by atoms with Gasteiger partial charge in [-0.15, -0.1) is 0 Å². The molecule has 14 heteroatoms. The molecule has 1 aromatic heterocycles. The lowest BCUT2D eigenvalue weighted by atomic mass is 9.94. The first-order chi connectivity index (χ1) is 28.0. The Morgan fingerprint density at radius 3 is 2.50 bits per heavy atom. The molecule has 0 unspecified atom stereocenters. The zero-order chi connectivity index (χ0) is 40.4. The Hall–Kier alpha value is -4.98. The molecule has 0 spiro atoms. The third kappa shape index (κ3) is 8.57. The lowest BCUT2D eigenvalue weighted by molar-refractivity contribution is -0.145. The van der Waals surface area contributed by atoms with Crippen LogP contribution in [0.1, 0.15) is 83.5 Å². The molecule has 3 aliphatic heterocycles. The number of hydrogen-bond acceptors (Lipinski definition) is 9. The van der Waals surface area contributed by atoms with Crippen LogP contribution in [0.4, 0.5) is 0 Å². The summed E-state index contributed by atoms with van der Waals surface area (Å²) < 4.78 is 40.4. The SMILES string of the molecule is COc1ccc2c(O[C@@H]3C[C@H]4C(=O)N[C@]5(C(=O)NS(=O)(=O)C6CC6)C[C@H]5C=CCCCCC[C@H](CC(=O)N5CCCCC5)C(=O)N4C3)cc(-c3ccccc3)nc2c1. The van der Waals surface area contributed by atoms with Gasteiger partial charge in [-0.25, -0.2) is 13.4 Å². The second-order valence-corrected chi connectivity index (χ2v) is 18.6. The lowest BCUT2D eigenvalue weighted by Crippen LogP contribution is -2.57. The smallest absolute Gasteiger partial charge is 0.259 e. The second kappa shape index (κ2) is 16.7. The summed E-state index contributed by atoms with van der Waals surface area (Å²) in [5, 5.41) is 3.07. The summed E-state index contributed by atoms with van der Waals surface area (Å²) in [4.78, 5) is 65.3. The highest BCUT2D eigenvalue weighted by Crippen LogP contribution is 2.46. The molecule has 4 amide bonds. The van der Waals surface area contributed by atoms with Gasteiger partial charge < -0.3 is 24.6 Å². The Labute approximate surface area is 340 Å². The Balaban J connectivity index is 1.12. The molecule has 2 aromatic carbocycles. The van der Waals surface area contributed by atoms with Crippen molar-refractivity contribution in [3.8, 4) is 22.8 Å². The Morgan fingerprint density at radius 1 is 0.966 bits per heavy atom. The minimum Gasteiger partial charge on any atom is -0.497 e. The van der Waals surface area contributed by atoms with E-state index in [1.54, 1.807) is 7.11 Å². The third-order valence-corrected chi connectivity index (χ3v) is 14.2. The Morgan fingerprint density at radius 2 is 1.74 bits per heavy atom. The topological polar surface area (TPSA) is 164 Å². The van der Waals surface area contributed by atoms with Crippen molar-refractivity contribution in [2.24, 2.45) is 11.8 Å². The van der Waals surface area contributed by atoms with Crippen molar-refractivity contribution in [3.63, 3.8) is 0 Å². The molecule has 0 radical (unpaired) electrons. The molecule has 2 saturated heterocycles. The maximum absolute atomic E-state index is 14.8. The predicted molar refractivity (Wildman–Crippen MR) is 218 cm³/mol. The fourth-order valence-electron chi connectivity index (χ4n) is 8.80. The summed E-state index contributed by atoms with van der Waals surface area (Å²) in [5.41, 5.74) is 0.733. The number of benzene rings is 2. The van der Waals surface area contributed by atoms with Gasteiger partial charge >= 0.3 is 0 Å². The van der Waals surface area contributed by atoms with E-state index in [2.05, 4.69) is 10.0 Å². The molecule has 4 fully saturated rings. The first-order valence-electron chi connectivity index (χ1n) is 20.9. The van der Waals surface area contributed by atoms with Crippen LogP contribution < -0.4 is 19.5 Å². The van der Waals surface area contributed by atoms with Gasteiger partial charge in [-0.05, 0) is 69.9 Å². The molecule has 2 aliphatic carbocycles. The van der Waals surface area contributed by atoms with E-state index in [4.69, 9.17) is 14.5 Å². The van der Waals surface area contributed by atoms with Gasteiger partial charge in [0, 0.05) is 60.8 Å². The number of nitrogens with zero attached hydrogens (tertiary/aromatic N) is 3. The predicted octanol–water partition coefficient (Wildman–Crippen LogP) is 5.28. The highest BCUT2D eigenvalue weighted by atomic mass is 32.2. The normalized spacial score (nSPS) is 26.8. The van der Waals surface area contributed by atoms with Crippen LogP contribution >= 0.6 is 0 Å². The minimum atomic E-state index is -3.88. The molecule has 2 saturated carbocycles. The number of pyridine rings is 1. The molecule has 308 valence electrons. The Kier molecular flexibility index (Phi) is 11.5. The maximum Gasteiger partial charge on any atom is 0.259 e. The number of fused-ring (bicyclic) bond motifs is 3. The zero-order valence-electron chi connectivity index (χ0n) is 33.1. The van der Waals surface area contributed by atoms with Crippen molar-refractivity contribution in [2.75, 3.05) is 26.7 Å². The summed E-state index contributed by atoms with van der Waals surface area (Å²) in [6.45, 7) is 1.43. The van der Waals surface area contributed by atoms with E-state index < -0.39 is 56.6 Å². The largest absolute Gasteiger partial charge is 0.497 e. The highest BCUT2D eigenvalue weighted by molar-refractivity contribution is 7.91. The van der Waals surface area contributed by atoms with Crippen molar-refractivity contribution < 1.29 is 37.1 Å². The highest BCUT2D eigenvalue weighted by Gasteiger charge is 2.62. The summed E-state index contributed by atoms with van der Waals surface area (Å²) in [7, 11) is -2.29. The number of sulfonamides is 1. The van der Waals surface area contributed by atoms with Crippen LogP contribution in [0.15, 0.2) is 66.7 Å². The van der Waals surface area contributed by atoms with Crippen LogP contribution in [0, 0.1) is 11.8 Å². The van der Waals surface area contributed by atoms with Crippen LogP contribution in [0.3, 0.4) is 0 Å². The van der Waals surface area contributed by atoms with E-state index in [1.807, 2.05) is 71.6 Å². The summed E-state index contributed by atoms with van der Waals surface area (Å²) >= 11 is 0. The average Bonchev–Trinajstić information content (AvgIpc) is 4.16. The number of carbonyl (C=O) groups excluding carboxylic acids is 4. The first kappa shape index (κ1) is 39.8.